The number of nitrogens with zero attached hydrogens (tertiary/aromatic N) is 2. The summed E-state index contributed by atoms with van der Waals surface area (Å²) in [6.45, 7) is 0.684. The molecule has 72 valence electrons. The second-order valence-corrected chi connectivity index (χ2v) is 4.23. The summed E-state index contributed by atoms with van der Waals surface area (Å²) in [5.74, 6) is -0.205. The molecule has 1 heterocycles. The van der Waals surface area contributed by atoms with E-state index in [-0.39, 0.29) is 5.82 Å². The zero-order valence-electron chi connectivity index (χ0n) is 7.32. The maximum absolute atomic E-state index is 12.6. The molecule has 2 aromatic rings. The lowest BCUT2D eigenvalue weighted by Crippen LogP contribution is -1.99. The zero-order chi connectivity index (χ0) is 9.97. The molecule has 2 rings (SSSR count). The maximum Gasteiger partial charge on any atom is 0.123 e. The van der Waals surface area contributed by atoms with E-state index >= 15 is 0 Å². The van der Waals surface area contributed by atoms with Gasteiger partial charge in [0.15, 0.2) is 0 Å². The van der Waals surface area contributed by atoms with Crippen LogP contribution in [0.3, 0.4) is 0 Å². The van der Waals surface area contributed by atoms with Crippen molar-refractivity contribution in [2.24, 2.45) is 0 Å². The van der Waals surface area contributed by atoms with Crippen LogP contribution in [0.5, 0.6) is 0 Å². The summed E-state index contributed by atoms with van der Waals surface area (Å²) in [6.07, 6.45) is 3.74. The van der Waals surface area contributed by atoms with Gasteiger partial charge in [0.25, 0.3) is 0 Å². The molecular weight excluding hydrogens is 294 g/mol. The molecule has 0 spiro atoms. The van der Waals surface area contributed by atoms with Crippen LogP contribution in [0.15, 0.2) is 36.7 Å². The Labute approximate surface area is 94.9 Å². The highest BCUT2D eigenvalue weighted by Gasteiger charge is 1.97. The summed E-state index contributed by atoms with van der Waals surface area (Å²) in [5, 5.41) is 4.15. The average molecular weight is 302 g/mol. The van der Waals surface area contributed by atoms with Crippen molar-refractivity contribution in [3.05, 3.63) is 51.6 Å². The van der Waals surface area contributed by atoms with Crippen molar-refractivity contribution in [1.29, 1.82) is 0 Å². The number of hydrogen-bond donors (Lipinski definition) is 0. The minimum atomic E-state index is -0.205. The first-order valence-corrected chi connectivity index (χ1v) is 5.24. The molecule has 0 saturated heterocycles. The number of aromatic nitrogens is 2. The van der Waals surface area contributed by atoms with E-state index in [0.29, 0.717) is 6.54 Å². The van der Waals surface area contributed by atoms with E-state index in [1.165, 1.54) is 12.1 Å². The van der Waals surface area contributed by atoms with E-state index in [1.807, 2.05) is 10.9 Å². The largest absolute Gasteiger partial charge is 0.267 e. The van der Waals surface area contributed by atoms with Crippen LogP contribution in [0.1, 0.15) is 5.56 Å². The molecule has 0 radical (unpaired) electrons. The summed E-state index contributed by atoms with van der Waals surface area (Å²) in [6, 6.07) is 6.46. The summed E-state index contributed by atoms with van der Waals surface area (Å²) in [4.78, 5) is 0. The Morgan fingerprint density at radius 3 is 2.57 bits per heavy atom. The van der Waals surface area contributed by atoms with E-state index in [2.05, 4.69) is 27.7 Å². The first kappa shape index (κ1) is 9.64. The van der Waals surface area contributed by atoms with Crippen molar-refractivity contribution >= 4 is 22.6 Å². The minimum Gasteiger partial charge on any atom is -0.267 e. The fraction of sp³-hybridized carbons (Fsp3) is 0.100. The molecule has 0 saturated carbocycles. The highest BCUT2D eigenvalue weighted by Crippen LogP contribution is 2.06. The molecule has 2 nitrogen and oxygen atoms in total. The Hall–Kier alpha value is -0.910. The molecule has 14 heavy (non-hydrogen) atoms. The molecule has 0 aliphatic rings. The smallest absolute Gasteiger partial charge is 0.123 e. The summed E-state index contributed by atoms with van der Waals surface area (Å²) in [5.41, 5.74) is 1.05. The van der Waals surface area contributed by atoms with Gasteiger partial charge in [-0.05, 0) is 40.3 Å². The Bertz CT molecular complexity index is 422. The lowest BCUT2D eigenvalue weighted by molar-refractivity contribution is 0.624. The second-order valence-electron chi connectivity index (χ2n) is 2.98. The summed E-state index contributed by atoms with van der Waals surface area (Å²) in [7, 11) is 0. The molecular formula is C10H8FIN2. The van der Waals surface area contributed by atoms with Crippen molar-refractivity contribution in [2.75, 3.05) is 0 Å². The summed E-state index contributed by atoms with van der Waals surface area (Å²) >= 11 is 2.21. The predicted molar refractivity (Wildman–Crippen MR) is 60.4 cm³/mol. The third-order valence-corrected chi connectivity index (χ3v) is 2.42. The van der Waals surface area contributed by atoms with Crippen molar-refractivity contribution in [2.45, 2.75) is 6.54 Å². The molecule has 0 aliphatic heterocycles. The van der Waals surface area contributed by atoms with Gasteiger partial charge in [-0.2, -0.15) is 5.10 Å². The third kappa shape index (κ3) is 2.31. The lowest BCUT2D eigenvalue weighted by atomic mass is 10.2. The maximum atomic E-state index is 12.6. The molecule has 0 fully saturated rings. The van der Waals surface area contributed by atoms with Gasteiger partial charge in [-0.1, -0.05) is 12.1 Å². The highest BCUT2D eigenvalue weighted by molar-refractivity contribution is 14.1. The molecule has 1 aromatic carbocycles. The molecule has 0 amide bonds. The van der Waals surface area contributed by atoms with Gasteiger partial charge in [0.05, 0.1) is 16.3 Å². The molecule has 4 heteroatoms. The van der Waals surface area contributed by atoms with Crippen molar-refractivity contribution in [1.82, 2.24) is 9.78 Å². The highest BCUT2D eigenvalue weighted by atomic mass is 127. The van der Waals surface area contributed by atoms with Gasteiger partial charge in [0.2, 0.25) is 0 Å². The van der Waals surface area contributed by atoms with Crippen LogP contribution in [0.25, 0.3) is 0 Å². The Balaban J connectivity index is 2.15. The number of rotatable bonds is 2. The number of hydrogen-bond acceptors (Lipinski definition) is 1. The lowest BCUT2D eigenvalue weighted by Gasteiger charge is -2.00. The summed E-state index contributed by atoms with van der Waals surface area (Å²) < 4.78 is 15.5. The van der Waals surface area contributed by atoms with E-state index in [4.69, 9.17) is 0 Å². The molecule has 0 unspecified atom stereocenters. The van der Waals surface area contributed by atoms with Crippen LogP contribution in [0.2, 0.25) is 0 Å². The molecule has 0 atom stereocenters. The second kappa shape index (κ2) is 4.08. The predicted octanol–water partition coefficient (Wildman–Crippen LogP) is 2.68. The van der Waals surface area contributed by atoms with Gasteiger partial charge >= 0.3 is 0 Å². The number of halogens is 2. The molecule has 0 aliphatic carbocycles. The topological polar surface area (TPSA) is 17.8 Å². The van der Waals surface area contributed by atoms with E-state index < -0.39 is 0 Å². The quantitative estimate of drug-likeness (QED) is 0.780. The van der Waals surface area contributed by atoms with Crippen molar-refractivity contribution < 1.29 is 4.39 Å². The van der Waals surface area contributed by atoms with Crippen LogP contribution >= 0.6 is 22.6 Å². The fourth-order valence-corrected chi connectivity index (χ4v) is 1.65. The molecule has 0 bridgehead atoms. The fourth-order valence-electron chi connectivity index (χ4n) is 1.20. The Morgan fingerprint density at radius 2 is 2.00 bits per heavy atom. The van der Waals surface area contributed by atoms with Crippen LogP contribution < -0.4 is 0 Å². The van der Waals surface area contributed by atoms with Gasteiger partial charge in [0, 0.05) is 6.20 Å². The zero-order valence-corrected chi connectivity index (χ0v) is 9.48. The van der Waals surface area contributed by atoms with Gasteiger partial charge in [0.1, 0.15) is 5.82 Å². The van der Waals surface area contributed by atoms with Crippen LogP contribution in [0.4, 0.5) is 4.39 Å². The van der Waals surface area contributed by atoms with Gasteiger partial charge in [-0.25, -0.2) is 4.39 Å². The SMILES string of the molecule is Fc1ccc(Cn2cc(I)cn2)cc1. The van der Waals surface area contributed by atoms with E-state index in [1.54, 1.807) is 18.3 Å². The third-order valence-electron chi connectivity index (χ3n) is 1.86. The van der Waals surface area contributed by atoms with E-state index in [9.17, 15) is 4.39 Å². The van der Waals surface area contributed by atoms with Crippen LogP contribution in [0, 0.1) is 9.39 Å². The first-order valence-electron chi connectivity index (χ1n) is 4.16. The monoisotopic (exact) mass is 302 g/mol. The first-order chi connectivity index (χ1) is 6.74. The average Bonchev–Trinajstić information content (AvgIpc) is 2.56. The normalized spacial score (nSPS) is 10.4. The van der Waals surface area contributed by atoms with Gasteiger partial charge < -0.3 is 0 Å². The van der Waals surface area contributed by atoms with E-state index in [0.717, 1.165) is 9.13 Å². The van der Waals surface area contributed by atoms with Crippen LogP contribution in [-0.2, 0) is 6.54 Å². The van der Waals surface area contributed by atoms with Gasteiger partial charge in [-0.3, -0.25) is 4.68 Å². The minimum absolute atomic E-state index is 0.205. The standard InChI is InChI=1S/C10H8FIN2/c11-9-3-1-8(2-4-9)6-14-7-10(12)5-13-14/h1-5,7H,6H2. The number of benzene rings is 1. The van der Waals surface area contributed by atoms with Crippen LogP contribution in [-0.4, -0.2) is 9.78 Å². The Morgan fingerprint density at radius 1 is 1.29 bits per heavy atom. The Kier molecular flexibility index (Phi) is 2.81. The van der Waals surface area contributed by atoms with Crippen molar-refractivity contribution in [3.63, 3.8) is 0 Å². The molecule has 1 aromatic heterocycles. The van der Waals surface area contributed by atoms with Crippen molar-refractivity contribution in [3.8, 4) is 0 Å². The van der Waals surface area contributed by atoms with Gasteiger partial charge in [-0.15, -0.1) is 0 Å². The molecule has 0 N–H and O–H groups in total.